The van der Waals surface area contributed by atoms with Crippen molar-refractivity contribution in [3.05, 3.63) is 24.3 Å². The second-order valence-electron chi connectivity index (χ2n) is 6.50. The second kappa shape index (κ2) is 9.89. The molecule has 2 unspecified atom stereocenters. The molecule has 0 bridgehead atoms. The van der Waals surface area contributed by atoms with Gasteiger partial charge in [0.2, 0.25) is 20.0 Å². The molecular formula is C16H28ClN3O4S2. The van der Waals surface area contributed by atoms with Crippen LogP contribution >= 0.6 is 12.4 Å². The van der Waals surface area contributed by atoms with Crippen molar-refractivity contribution in [3.8, 4) is 0 Å². The van der Waals surface area contributed by atoms with E-state index >= 15 is 0 Å². The molecule has 0 saturated carbocycles. The van der Waals surface area contributed by atoms with Gasteiger partial charge in [-0.2, -0.15) is 0 Å². The quantitative estimate of drug-likeness (QED) is 0.591. The van der Waals surface area contributed by atoms with Gasteiger partial charge in [0.15, 0.2) is 0 Å². The molecule has 0 aromatic heterocycles. The lowest BCUT2D eigenvalue weighted by Crippen LogP contribution is -2.46. The van der Waals surface area contributed by atoms with Gasteiger partial charge >= 0.3 is 0 Å². The minimum atomic E-state index is -3.61. The van der Waals surface area contributed by atoms with Crippen LogP contribution in [0.15, 0.2) is 29.2 Å². The van der Waals surface area contributed by atoms with Crippen molar-refractivity contribution in [2.75, 3.05) is 17.0 Å². The monoisotopic (exact) mass is 425 g/mol. The lowest BCUT2D eigenvalue weighted by Gasteiger charge is -2.28. The molecule has 0 aliphatic carbocycles. The Labute approximate surface area is 162 Å². The highest BCUT2D eigenvalue weighted by Gasteiger charge is 2.24. The zero-order valence-corrected chi connectivity index (χ0v) is 17.5. The summed E-state index contributed by atoms with van der Waals surface area (Å²) < 4.78 is 53.9. The molecule has 0 amide bonds. The fraction of sp³-hybridized carbons (Fsp3) is 0.625. The fourth-order valence-corrected chi connectivity index (χ4v) is 5.34. The standard InChI is InChI=1S/C16H27N3O4S2.ClH/c1-3-4-11-24(20,21)18-14-5-7-16(8-6-14)25(22,23)19-15-9-10-17-13(2)12-15;/h5-8,13,15,17-19H,3-4,9-12H2,1-2H3;1H. The van der Waals surface area contributed by atoms with Gasteiger partial charge < -0.3 is 5.32 Å². The molecule has 7 nitrogen and oxygen atoms in total. The normalized spacial score (nSPS) is 21.0. The van der Waals surface area contributed by atoms with Crippen LogP contribution in [-0.2, 0) is 20.0 Å². The Hall–Kier alpha value is -0.870. The van der Waals surface area contributed by atoms with Crippen LogP contribution in [0.25, 0.3) is 0 Å². The molecule has 1 fully saturated rings. The maximum Gasteiger partial charge on any atom is 0.240 e. The molecule has 1 aliphatic heterocycles. The number of unbranched alkanes of at least 4 members (excludes halogenated alkanes) is 1. The molecule has 0 spiro atoms. The second-order valence-corrected chi connectivity index (χ2v) is 10.1. The molecule has 2 atom stereocenters. The highest BCUT2D eigenvalue weighted by molar-refractivity contribution is 7.92. The predicted octanol–water partition coefficient (Wildman–Crippen LogP) is 2.07. The first-order chi connectivity index (χ1) is 11.7. The first-order valence-electron chi connectivity index (χ1n) is 8.58. The number of rotatable bonds is 8. The number of anilines is 1. The molecule has 1 heterocycles. The number of benzene rings is 1. The average Bonchev–Trinajstić information content (AvgIpc) is 2.53. The van der Waals surface area contributed by atoms with Crippen LogP contribution in [0, 0.1) is 0 Å². The number of hydrogen-bond donors (Lipinski definition) is 3. The third-order valence-electron chi connectivity index (χ3n) is 4.15. The van der Waals surface area contributed by atoms with E-state index in [1.165, 1.54) is 24.3 Å². The zero-order valence-electron chi connectivity index (χ0n) is 15.1. The molecule has 1 aromatic carbocycles. The molecule has 2 rings (SSSR count). The molecule has 1 aromatic rings. The molecular weight excluding hydrogens is 398 g/mol. The van der Waals surface area contributed by atoms with E-state index in [2.05, 4.69) is 14.8 Å². The first kappa shape index (κ1) is 23.2. The lowest BCUT2D eigenvalue weighted by molar-refractivity contribution is 0.361. The summed E-state index contributed by atoms with van der Waals surface area (Å²) in [6.45, 7) is 4.73. The third-order valence-corrected chi connectivity index (χ3v) is 7.06. The Morgan fingerprint density at radius 2 is 1.81 bits per heavy atom. The summed E-state index contributed by atoms with van der Waals surface area (Å²) in [5.74, 6) is 0.0546. The van der Waals surface area contributed by atoms with Gasteiger partial charge in [-0.15, -0.1) is 12.4 Å². The Balaban J connectivity index is 0.00000338. The highest BCUT2D eigenvalue weighted by Crippen LogP contribution is 2.18. The average molecular weight is 426 g/mol. The van der Waals surface area contributed by atoms with Gasteiger partial charge in [-0.3, -0.25) is 4.72 Å². The smallest absolute Gasteiger partial charge is 0.240 e. The van der Waals surface area contributed by atoms with Crippen molar-refractivity contribution in [2.45, 2.75) is 56.5 Å². The van der Waals surface area contributed by atoms with E-state index in [0.29, 0.717) is 12.1 Å². The number of nitrogens with one attached hydrogen (secondary N) is 3. The predicted molar refractivity (Wildman–Crippen MR) is 107 cm³/mol. The van der Waals surface area contributed by atoms with Gasteiger partial charge in [-0.05, 0) is 57.0 Å². The number of halogens is 1. The highest BCUT2D eigenvalue weighted by atomic mass is 35.5. The van der Waals surface area contributed by atoms with Gasteiger partial charge in [0.1, 0.15) is 0 Å². The maximum absolute atomic E-state index is 12.5. The zero-order chi connectivity index (χ0) is 18.5. The van der Waals surface area contributed by atoms with Gasteiger partial charge in [0.25, 0.3) is 0 Å². The molecule has 0 radical (unpaired) electrons. The van der Waals surface area contributed by atoms with Gasteiger partial charge in [-0.1, -0.05) is 13.3 Å². The third kappa shape index (κ3) is 7.03. The Bertz CT molecular complexity index is 767. The Kier molecular flexibility index (Phi) is 8.81. The minimum absolute atomic E-state index is 0. The minimum Gasteiger partial charge on any atom is -0.314 e. The molecule has 1 aliphatic rings. The van der Waals surface area contributed by atoms with Crippen molar-refractivity contribution in [1.29, 1.82) is 0 Å². The Morgan fingerprint density at radius 3 is 2.38 bits per heavy atom. The van der Waals surface area contributed by atoms with E-state index in [9.17, 15) is 16.8 Å². The van der Waals surface area contributed by atoms with E-state index in [4.69, 9.17) is 0 Å². The Morgan fingerprint density at radius 1 is 1.15 bits per heavy atom. The van der Waals surface area contributed by atoms with Crippen LogP contribution in [-0.4, -0.2) is 41.2 Å². The van der Waals surface area contributed by atoms with E-state index < -0.39 is 20.0 Å². The lowest BCUT2D eigenvalue weighted by atomic mass is 10.0. The summed E-state index contributed by atoms with van der Waals surface area (Å²) in [6.07, 6.45) is 2.87. The van der Waals surface area contributed by atoms with E-state index in [1.807, 2.05) is 13.8 Å². The summed E-state index contributed by atoms with van der Waals surface area (Å²) in [5.41, 5.74) is 0.366. The van der Waals surface area contributed by atoms with E-state index in [1.54, 1.807) is 0 Å². The number of sulfonamides is 2. The number of hydrogen-bond acceptors (Lipinski definition) is 5. The van der Waals surface area contributed by atoms with Crippen molar-refractivity contribution in [1.82, 2.24) is 10.0 Å². The van der Waals surface area contributed by atoms with Gasteiger partial charge in [-0.25, -0.2) is 21.6 Å². The molecule has 1 saturated heterocycles. The first-order valence-corrected chi connectivity index (χ1v) is 11.7. The van der Waals surface area contributed by atoms with Crippen LogP contribution in [0.3, 0.4) is 0 Å². The van der Waals surface area contributed by atoms with Crippen molar-refractivity contribution < 1.29 is 16.8 Å². The van der Waals surface area contributed by atoms with Crippen molar-refractivity contribution in [3.63, 3.8) is 0 Å². The van der Waals surface area contributed by atoms with Crippen LogP contribution in [0.4, 0.5) is 5.69 Å². The molecule has 10 heteroatoms. The summed E-state index contributed by atoms with van der Waals surface area (Å²) in [4.78, 5) is 0.134. The number of piperidine rings is 1. The molecule has 26 heavy (non-hydrogen) atoms. The summed E-state index contributed by atoms with van der Waals surface area (Å²) in [5, 5.41) is 3.28. The van der Waals surface area contributed by atoms with E-state index in [0.717, 1.165) is 25.8 Å². The van der Waals surface area contributed by atoms with Gasteiger partial charge in [0, 0.05) is 17.8 Å². The summed E-state index contributed by atoms with van der Waals surface area (Å²) in [7, 11) is -7.01. The van der Waals surface area contributed by atoms with Crippen LogP contribution in [0.1, 0.15) is 39.5 Å². The summed E-state index contributed by atoms with van der Waals surface area (Å²) >= 11 is 0. The van der Waals surface area contributed by atoms with E-state index in [-0.39, 0.29) is 35.1 Å². The van der Waals surface area contributed by atoms with Crippen LogP contribution < -0.4 is 14.8 Å². The largest absolute Gasteiger partial charge is 0.314 e. The molecule has 3 N–H and O–H groups in total. The van der Waals surface area contributed by atoms with Crippen molar-refractivity contribution >= 4 is 38.1 Å². The maximum atomic E-state index is 12.5. The molecule has 150 valence electrons. The fourth-order valence-electron chi connectivity index (χ4n) is 2.79. The van der Waals surface area contributed by atoms with Crippen LogP contribution in [0.5, 0.6) is 0 Å². The SMILES string of the molecule is CCCCS(=O)(=O)Nc1ccc(S(=O)(=O)NC2CCNC(C)C2)cc1.Cl. The van der Waals surface area contributed by atoms with Crippen molar-refractivity contribution in [2.24, 2.45) is 0 Å². The topological polar surface area (TPSA) is 104 Å². The van der Waals surface area contributed by atoms with Gasteiger partial charge in [0.05, 0.1) is 10.6 Å². The summed E-state index contributed by atoms with van der Waals surface area (Å²) in [6, 6.07) is 5.98. The van der Waals surface area contributed by atoms with Crippen LogP contribution in [0.2, 0.25) is 0 Å².